The van der Waals surface area contributed by atoms with E-state index in [1.807, 2.05) is 5.32 Å². The molecule has 1 unspecified atom stereocenters. The molecular weight excluding hydrogens is 284 g/mol. The molecule has 0 fully saturated rings. The van der Waals surface area contributed by atoms with Crippen molar-refractivity contribution in [3.8, 4) is 0 Å². The standard InChI is InChI=1S/C11H20N4O6/c1-11(2,8(12)17)15-7(16)6(14-10(20)21)4-3-5-13-9(18)19/h6,13-14H,3-5H2,1-2H3,(H2,12,17)(H,15,16)(H,18,19)(H,20,21). The predicted molar refractivity (Wildman–Crippen MR) is 71.6 cm³/mol. The number of nitrogens with two attached hydrogens (primary N) is 1. The maximum Gasteiger partial charge on any atom is 0.405 e. The van der Waals surface area contributed by atoms with Gasteiger partial charge in [-0.2, -0.15) is 0 Å². The SMILES string of the molecule is CC(C)(NC(=O)C(CCCNC(=O)O)NC(=O)O)C(N)=O. The number of carbonyl (C=O) groups excluding carboxylic acids is 2. The Bertz CT molecular complexity index is 423. The molecule has 4 amide bonds. The minimum absolute atomic E-state index is 0.0628. The summed E-state index contributed by atoms with van der Waals surface area (Å²) >= 11 is 0. The molecule has 0 saturated heterocycles. The van der Waals surface area contributed by atoms with Crippen LogP contribution in [0.15, 0.2) is 0 Å². The van der Waals surface area contributed by atoms with Gasteiger partial charge in [0.2, 0.25) is 11.8 Å². The zero-order chi connectivity index (χ0) is 16.6. The molecule has 0 bridgehead atoms. The molecule has 10 nitrogen and oxygen atoms in total. The molecule has 0 heterocycles. The van der Waals surface area contributed by atoms with Crippen LogP contribution in [0.1, 0.15) is 26.7 Å². The smallest absolute Gasteiger partial charge is 0.405 e. The maximum atomic E-state index is 11.9. The number of hydrogen-bond donors (Lipinski definition) is 6. The van der Waals surface area contributed by atoms with E-state index in [0.29, 0.717) is 0 Å². The Morgan fingerprint density at radius 1 is 1.14 bits per heavy atom. The number of carbonyl (C=O) groups is 4. The Morgan fingerprint density at radius 3 is 2.14 bits per heavy atom. The van der Waals surface area contributed by atoms with Crippen molar-refractivity contribution in [2.24, 2.45) is 5.73 Å². The molecule has 0 rings (SSSR count). The van der Waals surface area contributed by atoms with E-state index in [4.69, 9.17) is 15.9 Å². The Labute approximate surface area is 121 Å². The Hall–Kier alpha value is -2.52. The van der Waals surface area contributed by atoms with Crippen LogP contribution < -0.4 is 21.7 Å². The van der Waals surface area contributed by atoms with E-state index in [2.05, 4.69) is 10.6 Å². The third kappa shape index (κ3) is 7.60. The fourth-order valence-electron chi connectivity index (χ4n) is 1.38. The minimum Gasteiger partial charge on any atom is -0.465 e. The van der Waals surface area contributed by atoms with Gasteiger partial charge in [0.15, 0.2) is 0 Å². The molecule has 10 heteroatoms. The molecule has 0 radical (unpaired) electrons. The van der Waals surface area contributed by atoms with Gasteiger partial charge in [-0.05, 0) is 26.7 Å². The molecule has 120 valence electrons. The van der Waals surface area contributed by atoms with Gasteiger partial charge in [0.1, 0.15) is 11.6 Å². The number of primary amides is 1. The molecule has 7 N–H and O–H groups in total. The molecule has 0 aromatic heterocycles. The number of hydrogen-bond acceptors (Lipinski definition) is 4. The van der Waals surface area contributed by atoms with E-state index in [-0.39, 0.29) is 19.4 Å². The summed E-state index contributed by atoms with van der Waals surface area (Å²) in [6.07, 6.45) is -2.31. The second-order valence-corrected chi connectivity index (χ2v) is 4.85. The summed E-state index contributed by atoms with van der Waals surface area (Å²) in [7, 11) is 0. The number of nitrogens with one attached hydrogen (secondary N) is 3. The number of carboxylic acid groups (broad SMARTS) is 2. The summed E-state index contributed by atoms with van der Waals surface area (Å²) in [6, 6.07) is -1.11. The Morgan fingerprint density at radius 2 is 1.71 bits per heavy atom. The van der Waals surface area contributed by atoms with Crippen LogP contribution in [0.25, 0.3) is 0 Å². The molecule has 0 spiro atoms. The van der Waals surface area contributed by atoms with Gasteiger partial charge >= 0.3 is 12.2 Å². The highest BCUT2D eigenvalue weighted by molar-refractivity contribution is 5.92. The molecule has 21 heavy (non-hydrogen) atoms. The van der Waals surface area contributed by atoms with Crippen LogP contribution in [0.5, 0.6) is 0 Å². The first kappa shape index (κ1) is 18.5. The second kappa shape index (κ2) is 7.92. The summed E-state index contributed by atoms with van der Waals surface area (Å²) in [5.41, 5.74) is 3.78. The van der Waals surface area contributed by atoms with Crippen LogP contribution >= 0.6 is 0 Å². The maximum absolute atomic E-state index is 11.9. The van der Waals surface area contributed by atoms with Gasteiger partial charge in [-0.1, -0.05) is 0 Å². The van der Waals surface area contributed by atoms with E-state index in [0.717, 1.165) is 0 Å². The fourth-order valence-corrected chi connectivity index (χ4v) is 1.38. The van der Waals surface area contributed by atoms with Gasteiger partial charge < -0.3 is 31.9 Å². The van der Waals surface area contributed by atoms with E-state index in [9.17, 15) is 19.2 Å². The molecule has 0 aromatic carbocycles. The summed E-state index contributed by atoms with van der Waals surface area (Å²) in [4.78, 5) is 44.0. The van der Waals surface area contributed by atoms with E-state index >= 15 is 0 Å². The summed E-state index contributed by atoms with van der Waals surface area (Å²) in [5.74, 6) is -1.48. The zero-order valence-electron chi connectivity index (χ0n) is 11.8. The van der Waals surface area contributed by atoms with Crippen molar-refractivity contribution < 1.29 is 29.4 Å². The van der Waals surface area contributed by atoms with Crippen molar-refractivity contribution in [2.75, 3.05) is 6.54 Å². The highest BCUT2D eigenvalue weighted by atomic mass is 16.4. The number of amides is 4. The Kier molecular flexibility index (Phi) is 6.97. The van der Waals surface area contributed by atoms with E-state index in [1.165, 1.54) is 13.8 Å². The molecule has 0 aliphatic rings. The van der Waals surface area contributed by atoms with Crippen molar-refractivity contribution in [3.05, 3.63) is 0 Å². The molecule has 1 atom stereocenters. The van der Waals surface area contributed by atoms with Gasteiger partial charge in [0.25, 0.3) is 0 Å². The zero-order valence-corrected chi connectivity index (χ0v) is 11.8. The summed E-state index contributed by atoms with van der Waals surface area (Å²) in [6.45, 7) is 2.84. The van der Waals surface area contributed by atoms with Crippen LogP contribution in [0.4, 0.5) is 9.59 Å². The first-order valence-corrected chi connectivity index (χ1v) is 6.14. The third-order valence-corrected chi connectivity index (χ3v) is 2.61. The van der Waals surface area contributed by atoms with Crippen molar-refractivity contribution >= 4 is 24.0 Å². The minimum atomic E-state index is -1.40. The largest absolute Gasteiger partial charge is 0.465 e. The summed E-state index contributed by atoms with van der Waals surface area (Å²) < 4.78 is 0. The highest BCUT2D eigenvalue weighted by Gasteiger charge is 2.30. The predicted octanol–water partition coefficient (Wildman–Crippen LogP) is -0.949. The molecule has 0 aromatic rings. The fraction of sp³-hybridized carbons (Fsp3) is 0.636. The lowest BCUT2D eigenvalue weighted by atomic mass is 10.0. The molecule has 0 saturated carbocycles. The van der Waals surface area contributed by atoms with Gasteiger partial charge in [0.05, 0.1) is 0 Å². The van der Waals surface area contributed by atoms with Crippen LogP contribution in [0.3, 0.4) is 0 Å². The van der Waals surface area contributed by atoms with Crippen LogP contribution in [0, 0.1) is 0 Å². The lowest BCUT2D eigenvalue weighted by Crippen LogP contribution is -2.58. The Balaban J connectivity index is 4.59. The first-order chi connectivity index (χ1) is 9.56. The monoisotopic (exact) mass is 304 g/mol. The summed E-state index contributed by atoms with van der Waals surface area (Å²) in [5, 5.41) is 23.5. The topological polar surface area (TPSA) is 171 Å². The molecular formula is C11H20N4O6. The van der Waals surface area contributed by atoms with Crippen molar-refractivity contribution in [3.63, 3.8) is 0 Å². The van der Waals surface area contributed by atoms with Crippen LogP contribution in [0.2, 0.25) is 0 Å². The molecule has 0 aliphatic carbocycles. The normalized spacial score (nSPS) is 12.1. The van der Waals surface area contributed by atoms with Gasteiger partial charge in [-0.25, -0.2) is 9.59 Å². The third-order valence-electron chi connectivity index (χ3n) is 2.61. The van der Waals surface area contributed by atoms with Crippen molar-refractivity contribution in [1.29, 1.82) is 0 Å². The quantitative estimate of drug-likeness (QED) is 0.315. The average molecular weight is 304 g/mol. The van der Waals surface area contributed by atoms with Crippen LogP contribution in [-0.2, 0) is 9.59 Å². The lowest BCUT2D eigenvalue weighted by Gasteiger charge is -2.25. The van der Waals surface area contributed by atoms with Crippen molar-refractivity contribution in [2.45, 2.75) is 38.3 Å². The lowest BCUT2D eigenvalue weighted by molar-refractivity contribution is -0.131. The van der Waals surface area contributed by atoms with Gasteiger partial charge in [0, 0.05) is 6.54 Å². The van der Waals surface area contributed by atoms with Gasteiger partial charge in [-0.15, -0.1) is 0 Å². The average Bonchev–Trinajstić information content (AvgIpc) is 2.31. The second-order valence-electron chi connectivity index (χ2n) is 4.85. The van der Waals surface area contributed by atoms with E-state index in [1.54, 1.807) is 0 Å². The number of rotatable bonds is 8. The molecule has 0 aliphatic heterocycles. The van der Waals surface area contributed by atoms with E-state index < -0.39 is 35.6 Å². The highest BCUT2D eigenvalue weighted by Crippen LogP contribution is 2.04. The van der Waals surface area contributed by atoms with Gasteiger partial charge in [-0.3, -0.25) is 9.59 Å². The van der Waals surface area contributed by atoms with Crippen molar-refractivity contribution in [1.82, 2.24) is 16.0 Å². The van der Waals surface area contributed by atoms with Crippen LogP contribution in [-0.4, -0.2) is 52.3 Å². The first-order valence-electron chi connectivity index (χ1n) is 6.14.